The van der Waals surface area contributed by atoms with Gasteiger partial charge in [0.1, 0.15) is 6.54 Å². The summed E-state index contributed by atoms with van der Waals surface area (Å²) >= 11 is 7.90. The Hall–Kier alpha value is -2.89. The Morgan fingerprint density at radius 3 is 2.71 bits per heavy atom. The van der Waals surface area contributed by atoms with Gasteiger partial charge >= 0.3 is 6.03 Å². The van der Waals surface area contributed by atoms with Gasteiger partial charge in [0.2, 0.25) is 5.91 Å². The lowest BCUT2D eigenvalue weighted by atomic mass is 9.98. The molecule has 2 N–H and O–H groups in total. The van der Waals surface area contributed by atoms with E-state index in [2.05, 4.69) is 16.7 Å². The lowest BCUT2D eigenvalue weighted by molar-refractivity contribution is -0.131. The molecule has 0 radical (unpaired) electrons. The minimum Gasteiger partial charge on any atom is -0.341 e. The Morgan fingerprint density at radius 2 is 1.97 bits per heavy atom. The van der Waals surface area contributed by atoms with Crippen molar-refractivity contribution in [1.29, 1.82) is 5.26 Å². The molecule has 1 saturated carbocycles. The highest BCUT2D eigenvalue weighted by atomic mass is 35.5. The summed E-state index contributed by atoms with van der Waals surface area (Å²) < 4.78 is 1.85. The monoisotopic (exact) mass is 497 g/mol. The standard InChI is InChI=1S/C25H28ClN5O2S/c26-22-11-8-18(14-27)13-23(22)31(34-21-6-2-1-3-7-21)17-24(32)30-12-4-5-19(16-30)15-28-25(33)29-20-9-10-20/h1-3,6-8,11,13,19-20H,4-5,9-10,12,15-17H2,(H2,28,29,33). The highest BCUT2D eigenvalue weighted by molar-refractivity contribution is 8.00. The van der Waals surface area contributed by atoms with Crippen molar-refractivity contribution in [3.05, 3.63) is 59.1 Å². The molecule has 1 aliphatic heterocycles. The van der Waals surface area contributed by atoms with Crippen LogP contribution in [-0.4, -0.2) is 49.1 Å². The first kappa shape index (κ1) is 24.2. The summed E-state index contributed by atoms with van der Waals surface area (Å²) in [6.07, 6.45) is 3.99. The molecule has 9 heteroatoms. The van der Waals surface area contributed by atoms with Crippen LogP contribution in [0.4, 0.5) is 10.5 Å². The molecule has 1 atom stereocenters. The number of likely N-dealkylation sites (tertiary alicyclic amines) is 1. The fourth-order valence-corrected chi connectivity index (χ4v) is 5.16. The van der Waals surface area contributed by atoms with Gasteiger partial charge < -0.3 is 19.8 Å². The minimum atomic E-state index is -0.122. The largest absolute Gasteiger partial charge is 0.341 e. The smallest absolute Gasteiger partial charge is 0.315 e. The molecule has 178 valence electrons. The number of benzene rings is 2. The van der Waals surface area contributed by atoms with Gasteiger partial charge in [-0.1, -0.05) is 29.8 Å². The van der Waals surface area contributed by atoms with Crippen molar-refractivity contribution in [1.82, 2.24) is 15.5 Å². The van der Waals surface area contributed by atoms with E-state index in [4.69, 9.17) is 11.6 Å². The highest BCUT2D eigenvalue weighted by Crippen LogP contribution is 2.35. The summed E-state index contributed by atoms with van der Waals surface area (Å²) in [5.41, 5.74) is 1.12. The van der Waals surface area contributed by atoms with Gasteiger partial charge in [-0.3, -0.25) is 4.79 Å². The van der Waals surface area contributed by atoms with Crippen molar-refractivity contribution >= 4 is 41.2 Å². The number of urea groups is 1. The van der Waals surface area contributed by atoms with Gasteiger partial charge in [0, 0.05) is 30.6 Å². The molecule has 0 spiro atoms. The molecule has 4 rings (SSSR count). The van der Waals surface area contributed by atoms with E-state index >= 15 is 0 Å². The van der Waals surface area contributed by atoms with Crippen LogP contribution in [0, 0.1) is 17.2 Å². The maximum absolute atomic E-state index is 13.3. The van der Waals surface area contributed by atoms with Gasteiger partial charge in [-0.25, -0.2) is 4.79 Å². The maximum Gasteiger partial charge on any atom is 0.315 e. The van der Waals surface area contributed by atoms with E-state index in [9.17, 15) is 14.9 Å². The quantitative estimate of drug-likeness (QED) is 0.527. The summed E-state index contributed by atoms with van der Waals surface area (Å²) in [5.74, 6) is 0.220. The number of carbonyl (C=O) groups is 2. The molecule has 1 saturated heterocycles. The topological polar surface area (TPSA) is 88.5 Å². The minimum absolute atomic E-state index is 0.00556. The number of nitriles is 1. The number of halogens is 1. The van der Waals surface area contributed by atoms with Crippen molar-refractivity contribution in [2.75, 3.05) is 30.5 Å². The van der Waals surface area contributed by atoms with E-state index in [-0.39, 0.29) is 24.4 Å². The lowest BCUT2D eigenvalue weighted by Crippen LogP contribution is -2.47. The molecule has 0 aromatic heterocycles. The number of nitrogens with one attached hydrogen (secondary N) is 2. The Labute approximate surface area is 209 Å². The predicted molar refractivity (Wildman–Crippen MR) is 135 cm³/mol. The highest BCUT2D eigenvalue weighted by Gasteiger charge is 2.27. The first-order valence-electron chi connectivity index (χ1n) is 11.5. The first-order valence-corrected chi connectivity index (χ1v) is 12.7. The molecule has 0 bridgehead atoms. The van der Waals surface area contributed by atoms with Gasteiger partial charge in [-0.15, -0.1) is 0 Å². The summed E-state index contributed by atoms with van der Waals surface area (Å²) in [6.45, 7) is 1.98. The van der Waals surface area contributed by atoms with Gasteiger partial charge in [0.15, 0.2) is 0 Å². The molecule has 2 aliphatic rings. The second kappa shape index (κ2) is 11.5. The molecule has 3 amide bonds. The van der Waals surface area contributed by atoms with Crippen LogP contribution >= 0.6 is 23.5 Å². The van der Waals surface area contributed by atoms with Crippen LogP contribution in [0.3, 0.4) is 0 Å². The van der Waals surface area contributed by atoms with E-state index in [0.29, 0.717) is 41.9 Å². The van der Waals surface area contributed by atoms with Gasteiger partial charge in [0.05, 0.1) is 22.3 Å². The zero-order valence-corrected chi connectivity index (χ0v) is 20.4. The number of hydrogen-bond acceptors (Lipinski definition) is 5. The third-order valence-corrected chi connectivity index (χ3v) is 7.27. The number of carbonyl (C=O) groups excluding carboxylic acids is 2. The molecule has 2 aromatic rings. The van der Waals surface area contributed by atoms with E-state index in [1.165, 1.54) is 11.9 Å². The Bertz CT molecular complexity index is 1060. The lowest BCUT2D eigenvalue weighted by Gasteiger charge is -2.34. The maximum atomic E-state index is 13.3. The average molecular weight is 498 g/mol. The Balaban J connectivity index is 1.42. The average Bonchev–Trinajstić information content (AvgIpc) is 3.67. The molecular weight excluding hydrogens is 470 g/mol. The number of anilines is 1. The molecule has 1 unspecified atom stereocenters. The summed E-state index contributed by atoms with van der Waals surface area (Å²) in [5, 5.41) is 15.7. The Kier molecular flexibility index (Phi) is 8.20. The van der Waals surface area contributed by atoms with E-state index < -0.39 is 0 Å². The second-order valence-electron chi connectivity index (χ2n) is 8.70. The van der Waals surface area contributed by atoms with Gasteiger partial charge in [-0.05, 0) is 73.9 Å². The van der Waals surface area contributed by atoms with Crippen LogP contribution in [0.1, 0.15) is 31.2 Å². The third-order valence-electron chi connectivity index (χ3n) is 5.92. The number of hydrogen-bond donors (Lipinski definition) is 2. The molecule has 2 fully saturated rings. The van der Waals surface area contributed by atoms with Crippen LogP contribution in [0.5, 0.6) is 0 Å². The SMILES string of the molecule is N#Cc1ccc(Cl)c(N(CC(=O)N2CCCC(CNC(=O)NC3CC3)C2)Sc2ccccc2)c1. The van der Waals surface area contributed by atoms with E-state index in [1.807, 2.05) is 39.5 Å². The van der Waals surface area contributed by atoms with Crippen molar-refractivity contribution in [3.8, 4) is 6.07 Å². The fraction of sp³-hybridized carbons (Fsp3) is 0.400. The van der Waals surface area contributed by atoms with Crippen molar-refractivity contribution in [3.63, 3.8) is 0 Å². The van der Waals surface area contributed by atoms with Crippen molar-refractivity contribution in [2.24, 2.45) is 5.92 Å². The van der Waals surface area contributed by atoms with Crippen molar-refractivity contribution in [2.45, 2.75) is 36.6 Å². The Morgan fingerprint density at radius 1 is 1.18 bits per heavy atom. The van der Waals surface area contributed by atoms with E-state index in [0.717, 1.165) is 30.6 Å². The number of piperidine rings is 1. The van der Waals surface area contributed by atoms with Crippen LogP contribution in [0.25, 0.3) is 0 Å². The van der Waals surface area contributed by atoms with Crippen LogP contribution in [0.2, 0.25) is 5.02 Å². The molecule has 2 aromatic carbocycles. The third kappa shape index (κ3) is 6.81. The van der Waals surface area contributed by atoms with Crippen molar-refractivity contribution < 1.29 is 9.59 Å². The summed E-state index contributed by atoms with van der Waals surface area (Å²) in [7, 11) is 0. The zero-order valence-electron chi connectivity index (χ0n) is 18.9. The van der Waals surface area contributed by atoms with Gasteiger partial charge in [0.25, 0.3) is 0 Å². The fourth-order valence-electron chi connectivity index (χ4n) is 3.93. The molecule has 1 aliphatic carbocycles. The number of rotatable bonds is 8. The van der Waals surface area contributed by atoms with Gasteiger partial charge in [-0.2, -0.15) is 5.26 Å². The summed E-state index contributed by atoms with van der Waals surface area (Å²) in [4.78, 5) is 28.1. The molecule has 34 heavy (non-hydrogen) atoms. The zero-order chi connectivity index (χ0) is 23.9. The normalized spacial score (nSPS) is 17.5. The number of amides is 3. The first-order chi connectivity index (χ1) is 16.5. The predicted octanol–water partition coefficient (Wildman–Crippen LogP) is 4.43. The summed E-state index contributed by atoms with van der Waals surface area (Å²) in [6, 6.07) is 17.2. The number of nitrogens with zero attached hydrogens (tertiary/aromatic N) is 3. The second-order valence-corrected chi connectivity index (χ2v) is 10.2. The van der Waals surface area contributed by atoms with Crippen LogP contribution < -0.4 is 14.9 Å². The van der Waals surface area contributed by atoms with Crippen LogP contribution in [0.15, 0.2) is 53.4 Å². The molecule has 1 heterocycles. The molecular formula is C25H28ClN5O2S. The van der Waals surface area contributed by atoms with Crippen LogP contribution in [-0.2, 0) is 4.79 Å². The van der Waals surface area contributed by atoms with E-state index in [1.54, 1.807) is 18.2 Å². The molecule has 7 nitrogen and oxygen atoms in total.